The van der Waals surface area contributed by atoms with Gasteiger partial charge < -0.3 is 15.1 Å². The summed E-state index contributed by atoms with van der Waals surface area (Å²) in [5.74, 6) is 1.82. The monoisotopic (exact) mass is 394 g/mol. The van der Waals surface area contributed by atoms with Gasteiger partial charge in [-0.1, -0.05) is 30.4 Å². The third-order valence-corrected chi connectivity index (χ3v) is 4.66. The molecule has 152 valence electrons. The van der Waals surface area contributed by atoms with Crippen molar-refractivity contribution < 1.29 is 4.92 Å². The second-order valence-corrected chi connectivity index (χ2v) is 7.04. The lowest BCUT2D eigenvalue weighted by Crippen LogP contribution is -2.53. The van der Waals surface area contributed by atoms with E-state index in [1.54, 1.807) is 12.1 Å². The van der Waals surface area contributed by atoms with Crippen LogP contribution in [0.5, 0.6) is 0 Å². The highest BCUT2D eigenvalue weighted by molar-refractivity contribution is 5.80. The third-order valence-electron chi connectivity index (χ3n) is 4.66. The topological polar surface area (TPSA) is 86.9 Å². The lowest BCUT2D eigenvalue weighted by atomic mass is 10.2. The first kappa shape index (κ1) is 20.3. The first-order valence-corrected chi connectivity index (χ1v) is 9.60. The van der Waals surface area contributed by atoms with Crippen molar-refractivity contribution in [1.82, 2.24) is 15.2 Å². The Morgan fingerprint density at radius 1 is 1.21 bits per heavy atom. The number of aliphatic imine (C=N–C) groups is 1. The van der Waals surface area contributed by atoms with Crippen LogP contribution in [0.25, 0.3) is 0 Å². The highest BCUT2D eigenvalue weighted by Crippen LogP contribution is 2.14. The van der Waals surface area contributed by atoms with Gasteiger partial charge in [0.2, 0.25) is 0 Å². The van der Waals surface area contributed by atoms with Crippen molar-refractivity contribution in [2.45, 2.75) is 13.5 Å². The van der Waals surface area contributed by atoms with E-state index in [9.17, 15) is 10.1 Å². The van der Waals surface area contributed by atoms with Crippen LogP contribution in [0.4, 0.5) is 11.5 Å². The summed E-state index contributed by atoms with van der Waals surface area (Å²) in [6, 6.07) is 12.5. The predicted molar refractivity (Wildman–Crippen MR) is 115 cm³/mol. The van der Waals surface area contributed by atoms with Crippen molar-refractivity contribution >= 4 is 17.5 Å². The molecule has 3 rings (SSSR count). The molecule has 1 aliphatic heterocycles. The van der Waals surface area contributed by atoms with Gasteiger partial charge >= 0.3 is 0 Å². The van der Waals surface area contributed by atoms with E-state index in [4.69, 9.17) is 4.99 Å². The molecule has 0 bridgehead atoms. The first-order valence-electron chi connectivity index (χ1n) is 9.60. The van der Waals surface area contributed by atoms with Crippen LogP contribution in [-0.2, 0) is 6.54 Å². The zero-order valence-corrected chi connectivity index (χ0v) is 16.6. The summed E-state index contributed by atoms with van der Waals surface area (Å²) in [4.78, 5) is 24.1. The number of piperazine rings is 1. The minimum atomic E-state index is -0.395. The van der Waals surface area contributed by atoms with Gasteiger partial charge in [0, 0.05) is 51.1 Å². The van der Waals surface area contributed by atoms with Crippen LogP contribution < -0.4 is 10.2 Å². The van der Waals surface area contributed by atoms with E-state index in [2.05, 4.69) is 26.7 Å². The van der Waals surface area contributed by atoms with Gasteiger partial charge in [-0.05, 0) is 24.6 Å². The number of nitro benzene ring substituents is 1. The van der Waals surface area contributed by atoms with Gasteiger partial charge in [0.1, 0.15) is 5.82 Å². The van der Waals surface area contributed by atoms with E-state index in [0.29, 0.717) is 13.1 Å². The number of rotatable bonds is 6. The Morgan fingerprint density at radius 3 is 2.52 bits per heavy atom. The molecule has 1 saturated heterocycles. The second kappa shape index (κ2) is 9.68. The fourth-order valence-corrected chi connectivity index (χ4v) is 3.08. The van der Waals surface area contributed by atoms with E-state index in [-0.39, 0.29) is 5.69 Å². The lowest BCUT2D eigenvalue weighted by Gasteiger charge is -2.37. The molecule has 0 atom stereocenters. The number of hydrogen-bond acceptors (Lipinski definition) is 5. The molecule has 1 N–H and O–H groups in total. The third kappa shape index (κ3) is 5.78. The molecular weight excluding hydrogens is 368 g/mol. The molecule has 0 saturated carbocycles. The summed E-state index contributed by atoms with van der Waals surface area (Å²) in [6.45, 7) is 10.4. The Labute approximate surface area is 170 Å². The predicted octanol–water partition coefficient (Wildman–Crippen LogP) is 2.83. The smallest absolute Gasteiger partial charge is 0.269 e. The molecule has 0 spiro atoms. The number of aromatic nitrogens is 1. The van der Waals surface area contributed by atoms with E-state index in [1.165, 1.54) is 12.1 Å². The van der Waals surface area contributed by atoms with Gasteiger partial charge in [0.15, 0.2) is 5.96 Å². The normalized spacial score (nSPS) is 14.6. The standard InChI is InChI=1S/C21H26N6O2/c1-17(2)15-23-21(24-16-18-6-8-19(9-7-18)27(28)29)26-13-11-25(12-14-26)20-5-3-4-10-22-20/h3-10H,1,11-16H2,2H3,(H,23,24). The van der Waals surface area contributed by atoms with E-state index < -0.39 is 4.92 Å². The number of nitro groups is 1. The van der Waals surface area contributed by atoms with E-state index in [0.717, 1.165) is 49.1 Å². The molecule has 8 heteroatoms. The zero-order chi connectivity index (χ0) is 20.6. The summed E-state index contributed by atoms with van der Waals surface area (Å²) in [7, 11) is 0. The molecule has 8 nitrogen and oxygen atoms in total. The molecule has 0 unspecified atom stereocenters. The molecule has 1 aromatic carbocycles. The first-order chi connectivity index (χ1) is 14.0. The summed E-state index contributed by atoms with van der Waals surface area (Å²) < 4.78 is 0. The van der Waals surface area contributed by atoms with Gasteiger partial charge in [-0.25, -0.2) is 9.98 Å². The van der Waals surface area contributed by atoms with Crippen LogP contribution in [0.2, 0.25) is 0 Å². The maximum Gasteiger partial charge on any atom is 0.269 e. The van der Waals surface area contributed by atoms with Crippen molar-refractivity contribution in [3.05, 3.63) is 76.5 Å². The Balaban J connectivity index is 1.65. The fraction of sp³-hybridized carbons (Fsp3) is 0.333. The highest BCUT2D eigenvalue weighted by atomic mass is 16.6. The summed E-state index contributed by atoms with van der Waals surface area (Å²) in [5.41, 5.74) is 2.04. The van der Waals surface area contributed by atoms with Crippen molar-refractivity contribution in [2.24, 2.45) is 4.99 Å². The van der Waals surface area contributed by atoms with Crippen molar-refractivity contribution in [1.29, 1.82) is 0 Å². The molecule has 29 heavy (non-hydrogen) atoms. The molecule has 2 heterocycles. The maximum absolute atomic E-state index is 10.8. The average molecular weight is 394 g/mol. The fourth-order valence-electron chi connectivity index (χ4n) is 3.08. The van der Waals surface area contributed by atoms with Crippen LogP contribution in [0.3, 0.4) is 0 Å². The molecule has 0 amide bonds. The molecule has 2 aromatic rings. The molecule has 0 aliphatic carbocycles. The quantitative estimate of drug-likeness (QED) is 0.267. The van der Waals surface area contributed by atoms with E-state index >= 15 is 0 Å². The number of pyridine rings is 1. The number of nitrogens with zero attached hydrogens (tertiary/aromatic N) is 5. The summed E-state index contributed by atoms with van der Waals surface area (Å²) in [5, 5.41) is 14.2. The minimum Gasteiger partial charge on any atom is -0.353 e. The minimum absolute atomic E-state index is 0.0870. The number of non-ortho nitro benzene ring substituents is 1. The number of benzene rings is 1. The number of anilines is 1. The lowest BCUT2D eigenvalue weighted by molar-refractivity contribution is -0.384. The number of guanidine groups is 1. The second-order valence-electron chi connectivity index (χ2n) is 7.04. The van der Waals surface area contributed by atoms with Crippen LogP contribution in [-0.4, -0.2) is 53.5 Å². The van der Waals surface area contributed by atoms with Gasteiger partial charge in [-0.15, -0.1) is 0 Å². The highest BCUT2D eigenvalue weighted by Gasteiger charge is 2.20. The van der Waals surface area contributed by atoms with Crippen molar-refractivity contribution in [3.63, 3.8) is 0 Å². The summed E-state index contributed by atoms with van der Waals surface area (Å²) in [6.07, 6.45) is 1.81. The Kier molecular flexibility index (Phi) is 6.78. The largest absolute Gasteiger partial charge is 0.353 e. The van der Waals surface area contributed by atoms with Gasteiger partial charge in [0.05, 0.1) is 11.5 Å². The molecule has 0 radical (unpaired) electrons. The Bertz CT molecular complexity index is 858. The van der Waals surface area contributed by atoms with Gasteiger partial charge in [-0.2, -0.15) is 0 Å². The van der Waals surface area contributed by atoms with Crippen LogP contribution in [0, 0.1) is 10.1 Å². The van der Waals surface area contributed by atoms with Crippen molar-refractivity contribution in [2.75, 3.05) is 37.6 Å². The number of hydrogen-bond donors (Lipinski definition) is 1. The molecule has 1 fully saturated rings. The SMILES string of the molecule is C=C(C)CNC(=NCc1ccc([N+](=O)[O-])cc1)N1CCN(c2ccccn2)CC1. The van der Waals surface area contributed by atoms with Crippen LogP contribution in [0.1, 0.15) is 12.5 Å². The Morgan fingerprint density at radius 2 is 1.93 bits per heavy atom. The average Bonchev–Trinajstić information content (AvgIpc) is 2.75. The van der Waals surface area contributed by atoms with Crippen LogP contribution >= 0.6 is 0 Å². The van der Waals surface area contributed by atoms with Crippen LogP contribution in [0.15, 0.2) is 65.8 Å². The van der Waals surface area contributed by atoms with Gasteiger partial charge in [0.25, 0.3) is 5.69 Å². The molecule has 1 aliphatic rings. The molecular formula is C21H26N6O2. The number of nitrogens with one attached hydrogen (secondary N) is 1. The van der Waals surface area contributed by atoms with Gasteiger partial charge in [-0.3, -0.25) is 10.1 Å². The Hall–Kier alpha value is -3.42. The summed E-state index contributed by atoms with van der Waals surface area (Å²) >= 11 is 0. The molecule has 1 aromatic heterocycles. The van der Waals surface area contributed by atoms with Crippen molar-refractivity contribution in [3.8, 4) is 0 Å². The maximum atomic E-state index is 10.8. The zero-order valence-electron chi connectivity index (χ0n) is 16.6. The van der Waals surface area contributed by atoms with E-state index in [1.807, 2.05) is 31.3 Å².